The van der Waals surface area contributed by atoms with Crippen LogP contribution in [-0.2, 0) is 4.74 Å². The molecule has 0 aliphatic heterocycles. The number of rotatable bonds is 5. The SMILES string of the molecule is COc1ncc(C(O)C(O)CNC(=O)OC(C)(C)C)cc1Cl. The van der Waals surface area contributed by atoms with Crippen molar-refractivity contribution in [1.82, 2.24) is 10.3 Å². The van der Waals surface area contributed by atoms with Crippen molar-refractivity contribution in [2.45, 2.75) is 38.6 Å². The summed E-state index contributed by atoms with van der Waals surface area (Å²) in [6, 6.07) is 1.44. The zero-order chi connectivity index (χ0) is 16.9. The van der Waals surface area contributed by atoms with Gasteiger partial charge in [-0.3, -0.25) is 0 Å². The van der Waals surface area contributed by atoms with Crippen LogP contribution < -0.4 is 10.1 Å². The minimum absolute atomic E-state index is 0.181. The number of nitrogens with zero attached hydrogens (tertiary/aromatic N) is 1. The van der Waals surface area contributed by atoms with Crippen LogP contribution in [0.15, 0.2) is 12.3 Å². The van der Waals surface area contributed by atoms with Crippen LogP contribution >= 0.6 is 11.6 Å². The Morgan fingerprint density at radius 1 is 1.45 bits per heavy atom. The highest BCUT2D eigenvalue weighted by Crippen LogP contribution is 2.26. The summed E-state index contributed by atoms with van der Waals surface area (Å²) in [6.45, 7) is 4.99. The van der Waals surface area contributed by atoms with Crippen LogP contribution in [0.4, 0.5) is 4.79 Å². The molecule has 124 valence electrons. The first-order valence-corrected chi connectivity index (χ1v) is 7.04. The Hall–Kier alpha value is -1.57. The first-order chi connectivity index (χ1) is 10.1. The predicted molar refractivity (Wildman–Crippen MR) is 81.0 cm³/mol. The molecule has 0 aliphatic carbocycles. The summed E-state index contributed by atoms with van der Waals surface area (Å²) in [6.07, 6.45) is -1.83. The second-order valence-electron chi connectivity index (χ2n) is 5.65. The van der Waals surface area contributed by atoms with Gasteiger partial charge in [0.05, 0.1) is 7.11 Å². The summed E-state index contributed by atoms with van der Waals surface area (Å²) in [5, 5.41) is 22.5. The molecule has 1 rings (SSSR count). The molecule has 2 atom stereocenters. The molecule has 0 fully saturated rings. The van der Waals surface area contributed by atoms with Crippen LogP contribution in [0.5, 0.6) is 5.88 Å². The Morgan fingerprint density at radius 2 is 2.09 bits per heavy atom. The number of ether oxygens (including phenoxy) is 2. The zero-order valence-corrected chi connectivity index (χ0v) is 13.7. The van der Waals surface area contributed by atoms with Crippen molar-refractivity contribution in [2.75, 3.05) is 13.7 Å². The van der Waals surface area contributed by atoms with Gasteiger partial charge in [0.15, 0.2) is 0 Å². The first kappa shape index (κ1) is 18.5. The van der Waals surface area contributed by atoms with E-state index in [0.29, 0.717) is 5.56 Å². The van der Waals surface area contributed by atoms with E-state index >= 15 is 0 Å². The number of aliphatic hydroxyl groups excluding tert-OH is 2. The van der Waals surface area contributed by atoms with E-state index in [1.165, 1.54) is 19.4 Å². The van der Waals surface area contributed by atoms with Gasteiger partial charge in [-0.15, -0.1) is 0 Å². The van der Waals surface area contributed by atoms with E-state index < -0.39 is 23.9 Å². The van der Waals surface area contributed by atoms with Gasteiger partial charge < -0.3 is 25.0 Å². The molecule has 22 heavy (non-hydrogen) atoms. The van der Waals surface area contributed by atoms with Gasteiger partial charge in [0.25, 0.3) is 0 Å². The molecule has 7 nitrogen and oxygen atoms in total. The second kappa shape index (κ2) is 7.62. The number of halogens is 1. The average molecular weight is 333 g/mol. The van der Waals surface area contributed by atoms with E-state index in [-0.39, 0.29) is 17.4 Å². The van der Waals surface area contributed by atoms with Crippen LogP contribution in [0.1, 0.15) is 32.4 Å². The van der Waals surface area contributed by atoms with Gasteiger partial charge in [0.1, 0.15) is 22.8 Å². The van der Waals surface area contributed by atoms with E-state index in [1.54, 1.807) is 20.8 Å². The zero-order valence-electron chi connectivity index (χ0n) is 13.0. The van der Waals surface area contributed by atoms with Gasteiger partial charge in [-0.2, -0.15) is 0 Å². The van der Waals surface area contributed by atoms with Crippen molar-refractivity contribution in [3.8, 4) is 5.88 Å². The number of carbonyl (C=O) groups is 1. The molecule has 0 aromatic carbocycles. The monoisotopic (exact) mass is 332 g/mol. The number of pyridine rings is 1. The molecule has 0 saturated heterocycles. The van der Waals surface area contributed by atoms with Gasteiger partial charge in [-0.05, 0) is 26.8 Å². The molecule has 8 heteroatoms. The highest BCUT2D eigenvalue weighted by Gasteiger charge is 2.22. The van der Waals surface area contributed by atoms with E-state index in [9.17, 15) is 15.0 Å². The van der Waals surface area contributed by atoms with E-state index in [2.05, 4.69) is 10.3 Å². The number of nitrogens with one attached hydrogen (secondary N) is 1. The van der Waals surface area contributed by atoms with Gasteiger partial charge in [-0.1, -0.05) is 11.6 Å². The van der Waals surface area contributed by atoms with Crippen molar-refractivity contribution in [3.05, 3.63) is 22.8 Å². The lowest BCUT2D eigenvalue weighted by Gasteiger charge is -2.22. The van der Waals surface area contributed by atoms with Gasteiger partial charge in [0.2, 0.25) is 5.88 Å². The maximum absolute atomic E-state index is 11.5. The normalized spacial score (nSPS) is 14.1. The molecule has 2 unspecified atom stereocenters. The lowest BCUT2D eigenvalue weighted by atomic mass is 10.1. The van der Waals surface area contributed by atoms with Crippen LogP contribution in [0, 0.1) is 0 Å². The lowest BCUT2D eigenvalue weighted by molar-refractivity contribution is 0.0127. The Bertz CT molecular complexity index is 518. The molecule has 0 saturated carbocycles. The summed E-state index contributed by atoms with van der Waals surface area (Å²) in [5.74, 6) is 0.221. The molecule has 0 spiro atoms. The van der Waals surface area contributed by atoms with Crippen molar-refractivity contribution in [1.29, 1.82) is 0 Å². The third-order valence-corrected chi connectivity index (χ3v) is 2.85. The Morgan fingerprint density at radius 3 is 2.59 bits per heavy atom. The standard InChI is InChI=1S/C14H21ClN2O5/c1-14(2,3)22-13(20)17-7-10(18)11(19)8-5-9(15)12(21-4)16-6-8/h5-6,10-11,18-19H,7H2,1-4H3,(H,17,20). The second-order valence-corrected chi connectivity index (χ2v) is 6.06. The summed E-state index contributed by atoms with van der Waals surface area (Å²) >= 11 is 5.91. The summed E-state index contributed by atoms with van der Waals surface area (Å²) in [4.78, 5) is 15.4. The number of carbonyl (C=O) groups excluding carboxylic acids is 1. The van der Waals surface area contributed by atoms with E-state index in [4.69, 9.17) is 21.1 Å². The van der Waals surface area contributed by atoms with Crippen molar-refractivity contribution < 1.29 is 24.5 Å². The highest BCUT2D eigenvalue weighted by molar-refractivity contribution is 6.31. The Balaban J connectivity index is 2.60. The summed E-state index contributed by atoms with van der Waals surface area (Å²) in [7, 11) is 1.42. The number of hydrogen-bond donors (Lipinski definition) is 3. The van der Waals surface area contributed by atoms with Crippen LogP contribution in [0.2, 0.25) is 5.02 Å². The van der Waals surface area contributed by atoms with E-state index in [0.717, 1.165) is 0 Å². The molecule has 0 bridgehead atoms. The first-order valence-electron chi connectivity index (χ1n) is 6.66. The van der Waals surface area contributed by atoms with Crippen LogP contribution in [0.3, 0.4) is 0 Å². The summed E-state index contributed by atoms with van der Waals surface area (Å²) in [5.41, 5.74) is -0.328. The molecular weight excluding hydrogens is 312 g/mol. The third kappa shape index (κ3) is 5.67. The Labute approximate surface area is 134 Å². The molecule has 1 amide bonds. The number of aliphatic hydroxyl groups is 2. The number of aromatic nitrogens is 1. The number of hydrogen-bond acceptors (Lipinski definition) is 6. The van der Waals surface area contributed by atoms with Gasteiger partial charge >= 0.3 is 6.09 Å². The molecule has 1 aromatic heterocycles. The maximum atomic E-state index is 11.5. The van der Waals surface area contributed by atoms with Crippen molar-refractivity contribution in [2.24, 2.45) is 0 Å². The lowest BCUT2D eigenvalue weighted by Crippen LogP contribution is -2.38. The van der Waals surface area contributed by atoms with Gasteiger partial charge in [0, 0.05) is 18.3 Å². The number of amides is 1. The third-order valence-electron chi connectivity index (χ3n) is 2.58. The minimum atomic E-state index is -1.26. The Kier molecular flexibility index (Phi) is 6.40. The number of alkyl carbamates (subject to hydrolysis) is 1. The van der Waals surface area contributed by atoms with Crippen molar-refractivity contribution >= 4 is 17.7 Å². The van der Waals surface area contributed by atoms with Gasteiger partial charge in [-0.25, -0.2) is 9.78 Å². The molecule has 0 aliphatic rings. The van der Waals surface area contributed by atoms with Crippen molar-refractivity contribution in [3.63, 3.8) is 0 Å². The smallest absolute Gasteiger partial charge is 0.407 e. The topological polar surface area (TPSA) is 101 Å². The molecule has 0 radical (unpaired) electrons. The minimum Gasteiger partial charge on any atom is -0.480 e. The predicted octanol–water partition coefficient (Wildman–Crippen LogP) is 1.66. The fourth-order valence-electron chi connectivity index (χ4n) is 1.59. The number of methoxy groups -OCH3 is 1. The fourth-order valence-corrected chi connectivity index (χ4v) is 1.84. The maximum Gasteiger partial charge on any atom is 0.407 e. The van der Waals surface area contributed by atoms with Crippen LogP contribution in [-0.4, -0.2) is 46.6 Å². The molecular formula is C14H21ClN2O5. The highest BCUT2D eigenvalue weighted by atomic mass is 35.5. The average Bonchev–Trinajstić information content (AvgIpc) is 2.42. The fraction of sp³-hybridized carbons (Fsp3) is 0.571. The molecule has 1 aromatic rings. The molecule has 3 N–H and O–H groups in total. The quantitative estimate of drug-likeness (QED) is 0.758. The van der Waals surface area contributed by atoms with Crippen LogP contribution in [0.25, 0.3) is 0 Å². The molecule has 1 heterocycles. The van der Waals surface area contributed by atoms with E-state index in [1.807, 2.05) is 0 Å². The summed E-state index contributed by atoms with van der Waals surface area (Å²) < 4.78 is 9.93. The largest absolute Gasteiger partial charge is 0.480 e.